The minimum absolute atomic E-state index is 0.0950. The van der Waals surface area contributed by atoms with Crippen molar-refractivity contribution in [2.75, 3.05) is 31.1 Å². The maximum Gasteiger partial charge on any atom is 0.264 e. The summed E-state index contributed by atoms with van der Waals surface area (Å²) < 4.78 is 39.5. The SMILES string of the molecule is COc1ccc(C)cc1N(CC(=O)NCCOc1ccc(C)cc1C)S(=O)(=O)c1ccc(C)cc1. The van der Waals surface area contributed by atoms with Crippen LogP contribution in [0, 0.1) is 27.7 Å². The summed E-state index contributed by atoms with van der Waals surface area (Å²) >= 11 is 0. The zero-order valence-electron chi connectivity index (χ0n) is 20.8. The van der Waals surface area contributed by atoms with Gasteiger partial charge in [0, 0.05) is 0 Å². The maximum absolute atomic E-state index is 13.6. The van der Waals surface area contributed by atoms with Gasteiger partial charge in [0.2, 0.25) is 5.91 Å². The quantitative estimate of drug-likeness (QED) is 0.423. The largest absolute Gasteiger partial charge is 0.495 e. The van der Waals surface area contributed by atoms with Gasteiger partial charge in [-0.2, -0.15) is 0 Å². The van der Waals surface area contributed by atoms with Crippen LogP contribution >= 0.6 is 0 Å². The number of carbonyl (C=O) groups is 1. The van der Waals surface area contributed by atoms with Crippen LogP contribution in [-0.4, -0.2) is 41.1 Å². The van der Waals surface area contributed by atoms with E-state index in [0.717, 1.165) is 32.3 Å². The Morgan fingerprint density at radius 2 is 1.46 bits per heavy atom. The first-order valence-electron chi connectivity index (χ1n) is 11.3. The zero-order chi connectivity index (χ0) is 25.6. The summed E-state index contributed by atoms with van der Waals surface area (Å²) in [5, 5.41) is 2.76. The molecule has 0 bridgehead atoms. The van der Waals surface area contributed by atoms with Crippen LogP contribution in [0.15, 0.2) is 65.6 Å². The fourth-order valence-corrected chi connectivity index (χ4v) is 5.05. The lowest BCUT2D eigenvalue weighted by molar-refractivity contribution is -0.119. The number of amides is 1. The van der Waals surface area contributed by atoms with Crippen molar-refractivity contribution in [2.45, 2.75) is 32.6 Å². The lowest BCUT2D eigenvalue weighted by atomic mass is 10.1. The van der Waals surface area contributed by atoms with E-state index in [1.54, 1.807) is 24.3 Å². The maximum atomic E-state index is 13.6. The van der Waals surface area contributed by atoms with Crippen molar-refractivity contribution in [2.24, 2.45) is 0 Å². The Bertz CT molecular complexity index is 1290. The Kier molecular flexibility index (Phi) is 8.40. The molecule has 0 saturated heterocycles. The van der Waals surface area contributed by atoms with Crippen molar-refractivity contribution in [1.29, 1.82) is 0 Å². The Morgan fingerprint density at radius 3 is 2.09 bits per heavy atom. The molecule has 186 valence electrons. The molecule has 3 aromatic carbocycles. The predicted octanol–water partition coefficient (Wildman–Crippen LogP) is 4.32. The molecule has 3 rings (SSSR count). The molecule has 7 nitrogen and oxygen atoms in total. The van der Waals surface area contributed by atoms with Gasteiger partial charge in [0.1, 0.15) is 24.7 Å². The molecule has 3 aromatic rings. The number of hydrogen-bond acceptors (Lipinski definition) is 5. The molecule has 8 heteroatoms. The van der Waals surface area contributed by atoms with Crippen LogP contribution in [0.2, 0.25) is 0 Å². The lowest BCUT2D eigenvalue weighted by Crippen LogP contribution is -2.42. The number of sulfonamides is 1. The molecule has 0 atom stereocenters. The standard InChI is InChI=1S/C27H32N2O5S/c1-19-6-10-23(11-7-19)35(31,32)29(24-17-21(3)9-13-26(24)33-5)18-27(30)28-14-15-34-25-12-8-20(2)16-22(25)4/h6-13,16-17H,14-15,18H2,1-5H3,(H,28,30). The molecule has 0 saturated carbocycles. The molecule has 0 aliphatic heterocycles. The molecule has 0 aliphatic carbocycles. The molecule has 0 spiro atoms. The minimum Gasteiger partial charge on any atom is -0.495 e. The van der Waals surface area contributed by atoms with Gasteiger partial charge in [-0.1, -0.05) is 41.5 Å². The van der Waals surface area contributed by atoms with E-state index in [1.807, 2.05) is 52.0 Å². The van der Waals surface area contributed by atoms with Crippen LogP contribution in [0.5, 0.6) is 11.5 Å². The Labute approximate surface area is 207 Å². The highest BCUT2D eigenvalue weighted by Crippen LogP contribution is 2.33. The normalized spacial score (nSPS) is 11.1. The third-order valence-corrected chi connectivity index (χ3v) is 7.29. The average molecular weight is 497 g/mol. The molecule has 1 amide bonds. The van der Waals surface area contributed by atoms with Gasteiger partial charge in [0.15, 0.2) is 0 Å². The first-order chi connectivity index (χ1) is 16.6. The molecule has 1 N–H and O–H groups in total. The van der Waals surface area contributed by atoms with Gasteiger partial charge in [-0.25, -0.2) is 8.42 Å². The fraction of sp³-hybridized carbons (Fsp3) is 0.296. The molecule has 35 heavy (non-hydrogen) atoms. The summed E-state index contributed by atoms with van der Waals surface area (Å²) in [4.78, 5) is 12.9. The molecular formula is C27H32N2O5S. The van der Waals surface area contributed by atoms with E-state index in [4.69, 9.17) is 9.47 Å². The first-order valence-corrected chi connectivity index (χ1v) is 12.8. The van der Waals surface area contributed by atoms with Gasteiger partial charge in [-0.3, -0.25) is 9.10 Å². The number of carbonyl (C=O) groups excluding carboxylic acids is 1. The van der Waals surface area contributed by atoms with Crippen molar-refractivity contribution in [3.63, 3.8) is 0 Å². The molecule has 0 unspecified atom stereocenters. The Morgan fingerprint density at radius 1 is 0.857 bits per heavy atom. The second kappa shape index (κ2) is 11.3. The number of hydrogen-bond donors (Lipinski definition) is 1. The van der Waals surface area contributed by atoms with Crippen molar-refractivity contribution < 1.29 is 22.7 Å². The summed E-state index contributed by atoms with van der Waals surface area (Å²) in [7, 11) is -2.57. The summed E-state index contributed by atoms with van der Waals surface area (Å²) in [5.74, 6) is 0.656. The van der Waals surface area contributed by atoms with E-state index >= 15 is 0 Å². The highest BCUT2D eigenvalue weighted by atomic mass is 32.2. The van der Waals surface area contributed by atoms with Gasteiger partial charge >= 0.3 is 0 Å². The zero-order valence-corrected chi connectivity index (χ0v) is 21.6. The molecule has 0 aliphatic rings. The first kappa shape index (κ1) is 26.1. The van der Waals surface area contributed by atoms with E-state index in [1.165, 1.54) is 19.2 Å². The van der Waals surface area contributed by atoms with E-state index < -0.39 is 22.5 Å². The van der Waals surface area contributed by atoms with Gasteiger partial charge < -0.3 is 14.8 Å². The van der Waals surface area contributed by atoms with E-state index in [-0.39, 0.29) is 18.0 Å². The second-order valence-corrected chi connectivity index (χ2v) is 10.3. The molecule has 0 aromatic heterocycles. The van der Waals surface area contributed by atoms with E-state index in [2.05, 4.69) is 5.32 Å². The summed E-state index contributed by atoms with van der Waals surface area (Å²) in [6, 6.07) is 17.6. The third-order valence-electron chi connectivity index (χ3n) is 5.51. The predicted molar refractivity (Wildman–Crippen MR) is 138 cm³/mol. The molecule has 0 heterocycles. The van der Waals surface area contributed by atoms with Crippen LogP contribution in [0.1, 0.15) is 22.3 Å². The lowest BCUT2D eigenvalue weighted by Gasteiger charge is -2.26. The number of rotatable bonds is 10. The molecular weight excluding hydrogens is 464 g/mol. The van der Waals surface area contributed by atoms with Gasteiger partial charge in [-0.15, -0.1) is 0 Å². The van der Waals surface area contributed by atoms with E-state index in [0.29, 0.717) is 11.4 Å². The van der Waals surface area contributed by atoms with Crippen molar-refractivity contribution >= 4 is 21.6 Å². The Hall–Kier alpha value is -3.52. The van der Waals surface area contributed by atoms with Crippen LogP contribution in [0.25, 0.3) is 0 Å². The number of nitrogens with one attached hydrogen (secondary N) is 1. The number of methoxy groups -OCH3 is 1. The fourth-order valence-electron chi connectivity index (χ4n) is 3.63. The van der Waals surface area contributed by atoms with Crippen LogP contribution in [-0.2, 0) is 14.8 Å². The second-order valence-electron chi connectivity index (χ2n) is 8.47. The third kappa shape index (κ3) is 6.54. The number of nitrogens with zero attached hydrogens (tertiary/aromatic N) is 1. The molecule has 0 radical (unpaired) electrons. The van der Waals surface area contributed by atoms with Gasteiger partial charge in [0.05, 0.1) is 24.2 Å². The van der Waals surface area contributed by atoms with Crippen molar-refractivity contribution in [1.82, 2.24) is 5.32 Å². The van der Waals surface area contributed by atoms with Crippen molar-refractivity contribution in [3.05, 3.63) is 82.9 Å². The summed E-state index contributed by atoms with van der Waals surface area (Å²) in [6.45, 7) is 7.79. The smallest absolute Gasteiger partial charge is 0.264 e. The Balaban J connectivity index is 1.78. The van der Waals surface area contributed by atoms with Gasteiger partial charge in [0.25, 0.3) is 10.0 Å². The van der Waals surface area contributed by atoms with Crippen LogP contribution in [0.4, 0.5) is 5.69 Å². The number of aryl methyl sites for hydroxylation is 4. The number of ether oxygens (including phenoxy) is 2. The topological polar surface area (TPSA) is 84.9 Å². The summed E-state index contributed by atoms with van der Waals surface area (Å²) in [6.07, 6.45) is 0. The number of anilines is 1. The van der Waals surface area contributed by atoms with Gasteiger partial charge in [-0.05, 0) is 69.2 Å². The van der Waals surface area contributed by atoms with Crippen LogP contribution < -0.4 is 19.1 Å². The van der Waals surface area contributed by atoms with Crippen LogP contribution in [0.3, 0.4) is 0 Å². The average Bonchev–Trinajstić information content (AvgIpc) is 2.81. The molecule has 0 fully saturated rings. The summed E-state index contributed by atoms with van der Waals surface area (Å²) in [5.41, 5.74) is 4.23. The van der Waals surface area contributed by atoms with E-state index in [9.17, 15) is 13.2 Å². The highest BCUT2D eigenvalue weighted by molar-refractivity contribution is 7.92. The number of benzene rings is 3. The van der Waals surface area contributed by atoms with Crippen molar-refractivity contribution in [3.8, 4) is 11.5 Å². The highest BCUT2D eigenvalue weighted by Gasteiger charge is 2.29. The monoisotopic (exact) mass is 496 g/mol. The minimum atomic E-state index is -4.04.